The second-order valence-corrected chi connectivity index (χ2v) is 14.1. The van der Waals surface area contributed by atoms with Gasteiger partial charge in [0.05, 0.1) is 29.7 Å². The van der Waals surface area contributed by atoms with Crippen LogP contribution in [0.2, 0.25) is 0 Å². The SMILES string of the molecule is C#Cc1c(F)ccc2cc(O)cc(-c3c(F)cc4c(N5C[C@H]6CC[C@@H](C5)N6)nc(OC[C@]5(C)CN(C6CC6)CC[C@@H]5C#N)nc4c3F)c12. The Kier molecular flexibility index (Phi) is 7.39. The fourth-order valence-electron chi connectivity index (χ4n) is 8.09. The zero-order chi connectivity index (χ0) is 33.3. The lowest BCUT2D eigenvalue weighted by atomic mass is 9.73. The summed E-state index contributed by atoms with van der Waals surface area (Å²) in [6.45, 7) is 4.94. The van der Waals surface area contributed by atoms with Crippen LogP contribution in [0.25, 0.3) is 32.8 Å². The number of nitrogens with one attached hydrogen (secondary N) is 1. The standard InChI is InChI=1S/C37H35F3N6O2/c1-3-26-29(38)9-4-20-12-25(47)13-27(31(20)26)32-30(39)14-28-34(33(32)40)43-36(44-35(28)46-16-22-5-6-23(17-46)42-22)48-19-37(2)18-45(24-7-8-24)11-10-21(37)15-41/h1,4,9,12-14,21-24,42,47H,5-8,10-11,16-19H2,2H3/t21-,22-,23+,37+/m1/s1. The summed E-state index contributed by atoms with van der Waals surface area (Å²) in [5.41, 5.74) is -1.43. The molecule has 4 aliphatic rings. The van der Waals surface area contributed by atoms with Gasteiger partial charge in [-0.05, 0) is 68.3 Å². The van der Waals surface area contributed by atoms with E-state index in [1.807, 2.05) is 11.8 Å². The summed E-state index contributed by atoms with van der Waals surface area (Å²) in [5.74, 6) is -0.488. The van der Waals surface area contributed by atoms with Gasteiger partial charge >= 0.3 is 6.01 Å². The van der Waals surface area contributed by atoms with Gasteiger partial charge in [-0.1, -0.05) is 18.9 Å². The Balaban J connectivity index is 1.27. The van der Waals surface area contributed by atoms with E-state index in [2.05, 4.69) is 27.2 Å². The zero-order valence-electron chi connectivity index (χ0n) is 26.6. The number of likely N-dealkylation sites (tertiary alicyclic amines) is 1. The highest BCUT2D eigenvalue weighted by Gasteiger charge is 2.45. The van der Waals surface area contributed by atoms with E-state index >= 15 is 8.78 Å². The van der Waals surface area contributed by atoms with Gasteiger partial charge in [0.2, 0.25) is 0 Å². The highest BCUT2D eigenvalue weighted by atomic mass is 19.1. The zero-order valence-corrected chi connectivity index (χ0v) is 26.6. The average molecular weight is 653 g/mol. The van der Waals surface area contributed by atoms with Crippen molar-refractivity contribution in [3.05, 3.63) is 53.3 Å². The van der Waals surface area contributed by atoms with Gasteiger partial charge in [-0.2, -0.15) is 15.2 Å². The molecule has 8 rings (SSSR count). The lowest BCUT2D eigenvalue weighted by molar-refractivity contribution is 0.0192. The van der Waals surface area contributed by atoms with E-state index in [9.17, 15) is 14.8 Å². The van der Waals surface area contributed by atoms with Crippen molar-refractivity contribution >= 4 is 27.5 Å². The number of phenols is 1. The van der Waals surface area contributed by atoms with Crippen LogP contribution in [0.3, 0.4) is 0 Å². The van der Waals surface area contributed by atoms with Gasteiger partial charge < -0.3 is 20.1 Å². The molecule has 1 saturated carbocycles. The monoisotopic (exact) mass is 652 g/mol. The van der Waals surface area contributed by atoms with E-state index in [-0.39, 0.29) is 63.8 Å². The molecule has 4 aromatic rings. The molecule has 4 heterocycles. The molecule has 48 heavy (non-hydrogen) atoms. The van der Waals surface area contributed by atoms with Crippen molar-refractivity contribution in [3.8, 4) is 41.3 Å². The largest absolute Gasteiger partial charge is 0.508 e. The van der Waals surface area contributed by atoms with Gasteiger partial charge in [0, 0.05) is 59.5 Å². The van der Waals surface area contributed by atoms with Crippen LogP contribution in [0.1, 0.15) is 44.6 Å². The molecule has 1 aliphatic carbocycles. The second kappa shape index (κ2) is 11.5. The molecule has 3 aromatic carbocycles. The van der Waals surface area contributed by atoms with Crippen molar-refractivity contribution in [3.63, 3.8) is 0 Å². The third-order valence-electron chi connectivity index (χ3n) is 10.7. The van der Waals surface area contributed by atoms with E-state index < -0.39 is 28.4 Å². The molecule has 4 atom stereocenters. The number of halogens is 3. The maximum atomic E-state index is 16.9. The average Bonchev–Trinajstić information content (AvgIpc) is 3.87. The maximum Gasteiger partial charge on any atom is 0.319 e. The van der Waals surface area contributed by atoms with Crippen molar-refractivity contribution in [2.45, 2.75) is 57.2 Å². The van der Waals surface area contributed by atoms with Gasteiger partial charge in [0.25, 0.3) is 0 Å². The molecule has 0 amide bonds. The van der Waals surface area contributed by atoms with E-state index in [1.165, 1.54) is 24.3 Å². The van der Waals surface area contributed by atoms with Gasteiger partial charge in [-0.25, -0.2) is 13.2 Å². The molecule has 2 bridgehead atoms. The quantitative estimate of drug-likeness (QED) is 0.249. The van der Waals surface area contributed by atoms with Crippen molar-refractivity contribution in [2.75, 3.05) is 37.7 Å². The highest BCUT2D eigenvalue weighted by molar-refractivity contribution is 6.04. The molecule has 3 saturated heterocycles. The Bertz CT molecular complexity index is 2040. The van der Waals surface area contributed by atoms with Crippen LogP contribution in [-0.2, 0) is 0 Å². The van der Waals surface area contributed by atoms with Crippen LogP contribution < -0.4 is 15.0 Å². The topological polar surface area (TPSA) is 97.5 Å². The molecule has 8 nitrogen and oxygen atoms in total. The van der Waals surface area contributed by atoms with Crippen molar-refractivity contribution in [1.82, 2.24) is 20.2 Å². The third-order valence-corrected chi connectivity index (χ3v) is 10.7. The Morgan fingerprint density at radius 2 is 1.83 bits per heavy atom. The molecular formula is C37H35F3N6O2. The van der Waals surface area contributed by atoms with Crippen LogP contribution in [0.15, 0.2) is 30.3 Å². The van der Waals surface area contributed by atoms with Gasteiger partial charge in [-0.15, -0.1) is 6.42 Å². The van der Waals surface area contributed by atoms with Crippen LogP contribution in [0.4, 0.5) is 19.0 Å². The molecule has 3 aliphatic heterocycles. The smallest absolute Gasteiger partial charge is 0.319 e. The predicted molar refractivity (Wildman–Crippen MR) is 176 cm³/mol. The normalized spacial score (nSPS) is 25.7. The number of nitriles is 1. The summed E-state index contributed by atoms with van der Waals surface area (Å²) in [6.07, 6.45) is 10.7. The molecule has 1 aromatic heterocycles. The van der Waals surface area contributed by atoms with Crippen LogP contribution >= 0.6 is 0 Å². The van der Waals surface area contributed by atoms with E-state index in [0.29, 0.717) is 36.9 Å². The molecule has 11 heteroatoms. The predicted octanol–water partition coefficient (Wildman–Crippen LogP) is 5.89. The first-order chi connectivity index (χ1) is 23.2. The summed E-state index contributed by atoms with van der Waals surface area (Å²) in [7, 11) is 0. The minimum absolute atomic E-state index is 0.0718. The molecule has 246 valence electrons. The number of terminal acetylenes is 1. The number of benzene rings is 3. The number of hydrogen-bond acceptors (Lipinski definition) is 8. The van der Waals surface area contributed by atoms with Gasteiger partial charge in [0.15, 0.2) is 5.82 Å². The van der Waals surface area contributed by atoms with Crippen LogP contribution in [0.5, 0.6) is 11.8 Å². The molecule has 0 unspecified atom stereocenters. The van der Waals surface area contributed by atoms with E-state index in [0.717, 1.165) is 44.7 Å². The number of ether oxygens (including phenoxy) is 1. The number of aromatic hydroxyl groups is 1. The summed E-state index contributed by atoms with van der Waals surface area (Å²) in [5, 5.41) is 24.8. The number of piperazine rings is 1. The number of nitrogens with zero attached hydrogens (tertiary/aromatic N) is 5. The highest BCUT2D eigenvalue weighted by Crippen LogP contribution is 2.43. The van der Waals surface area contributed by atoms with Crippen molar-refractivity contribution < 1.29 is 23.0 Å². The van der Waals surface area contributed by atoms with Crippen molar-refractivity contribution in [2.24, 2.45) is 11.3 Å². The fourth-order valence-corrected chi connectivity index (χ4v) is 8.09. The molecule has 0 radical (unpaired) electrons. The Labute approximate surface area is 276 Å². The number of aromatic nitrogens is 2. The second-order valence-electron chi connectivity index (χ2n) is 14.1. The maximum absolute atomic E-state index is 16.9. The lowest BCUT2D eigenvalue weighted by Gasteiger charge is -2.43. The number of rotatable bonds is 6. The Morgan fingerprint density at radius 3 is 2.54 bits per heavy atom. The van der Waals surface area contributed by atoms with Crippen LogP contribution in [0, 0.1) is 52.5 Å². The fraction of sp³-hybridized carbons (Fsp3) is 0.432. The Morgan fingerprint density at radius 1 is 1.06 bits per heavy atom. The molecule has 2 N–H and O–H groups in total. The number of anilines is 1. The molecule has 4 fully saturated rings. The minimum atomic E-state index is -1.01. The summed E-state index contributed by atoms with van der Waals surface area (Å²) >= 11 is 0. The minimum Gasteiger partial charge on any atom is -0.508 e. The van der Waals surface area contributed by atoms with Crippen molar-refractivity contribution in [1.29, 1.82) is 5.26 Å². The van der Waals surface area contributed by atoms with Crippen LogP contribution in [-0.4, -0.2) is 70.9 Å². The summed E-state index contributed by atoms with van der Waals surface area (Å²) < 4.78 is 54.4. The number of phenolic OH excluding ortho intramolecular Hbond substituents is 1. The first-order valence-electron chi connectivity index (χ1n) is 16.5. The third kappa shape index (κ3) is 5.17. The van der Waals surface area contributed by atoms with E-state index in [1.54, 1.807) is 0 Å². The molecule has 0 spiro atoms. The summed E-state index contributed by atoms with van der Waals surface area (Å²) in [4.78, 5) is 13.7. The first-order valence-corrected chi connectivity index (χ1v) is 16.5. The van der Waals surface area contributed by atoms with Gasteiger partial charge in [0.1, 0.15) is 28.7 Å². The number of hydrogen-bond donors (Lipinski definition) is 2. The molecular weight excluding hydrogens is 617 g/mol. The number of piperidine rings is 1. The summed E-state index contributed by atoms with van der Waals surface area (Å²) in [6, 6.07) is 9.67. The first kappa shape index (κ1) is 30.7. The Hall–Kier alpha value is -4.58. The van der Waals surface area contributed by atoms with E-state index in [4.69, 9.17) is 16.1 Å². The lowest BCUT2D eigenvalue weighted by Crippen LogP contribution is -2.51. The van der Waals surface area contributed by atoms with Gasteiger partial charge in [-0.3, -0.25) is 4.90 Å². The number of fused-ring (bicyclic) bond motifs is 4.